The molecule has 2 aromatic rings. The molecule has 0 aliphatic rings. The Balaban J connectivity index is 1.85. The van der Waals surface area contributed by atoms with Crippen LogP contribution in [0, 0.1) is 5.92 Å². The molecule has 0 saturated heterocycles. The maximum Gasteiger partial charge on any atom is 0.321 e. The van der Waals surface area contributed by atoms with Gasteiger partial charge in [-0.1, -0.05) is 29.8 Å². The van der Waals surface area contributed by atoms with Crippen molar-refractivity contribution >= 4 is 42.7 Å². The Morgan fingerprint density at radius 3 is 2.74 bits per heavy atom. The van der Waals surface area contributed by atoms with Crippen LogP contribution in [0.2, 0.25) is 0 Å². The van der Waals surface area contributed by atoms with Gasteiger partial charge in [0.15, 0.2) is 9.84 Å². The van der Waals surface area contributed by atoms with Crippen molar-refractivity contribution in [3.05, 3.63) is 34.5 Å². The number of halogens is 1. The van der Waals surface area contributed by atoms with Crippen LogP contribution < -0.4 is 0 Å². The van der Waals surface area contributed by atoms with E-state index in [2.05, 4.69) is 15.9 Å². The second-order valence-electron chi connectivity index (χ2n) is 5.81. The highest BCUT2D eigenvalue weighted by Crippen LogP contribution is 2.23. The molecule has 0 saturated carbocycles. The van der Waals surface area contributed by atoms with Gasteiger partial charge in [0.1, 0.15) is 17.1 Å². The van der Waals surface area contributed by atoms with Crippen molar-refractivity contribution < 1.29 is 22.4 Å². The summed E-state index contributed by atoms with van der Waals surface area (Å²) in [4.78, 5) is 11.6. The zero-order chi connectivity index (χ0) is 17.0. The molecule has 1 aromatic carbocycles. The van der Waals surface area contributed by atoms with E-state index in [0.717, 1.165) is 15.4 Å². The normalized spacial score (nSPS) is 12.0. The number of sulfone groups is 1. The standard InChI is InChI=1S/C16H19BrO5S/c1-11(2)9-23(19,20)10-16(18)21-6-5-14-8-12-7-13(17)3-4-15(12)22-14/h3-4,7-8,11H,5-6,9-10H2,1-2H3. The minimum absolute atomic E-state index is 0.0114. The Morgan fingerprint density at radius 2 is 2.04 bits per heavy atom. The molecular formula is C16H19BrO5S. The predicted molar refractivity (Wildman–Crippen MR) is 92.1 cm³/mol. The smallest absolute Gasteiger partial charge is 0.321 e. The fourth-order valence-corrected chi connectivity index (χ4v) is 4.20. The van der Waals surface area contributed by atoms with Crippen molar-refractivity contribution in [1.29, 1.82) is 0 Å². The van der Waals surface area contributed by atoms with E-state index >= 15 is 0 Å². The van der Waals surface area contributed by atoms with Gasteiger partial charge in [0, 0.05) is 16.3 Å². The number of carbonyl (C=O) groups excluding carboxylic acids is 1. The van der Waals surface area contributed by atoms with Crippen LogP contribution in [0.5, 0.6) is 0 Å². The maximum absolute atomic E-state index is 11.7. The van der Waals surface area contributed by atoms with Crippen molar-refractivity contribution in [2.75, 3.05) is 18.1 Å². The Labute approximate surface area is 144 Å². The third kappa shape index (κ3) is 5.66. The lowest BCUT2D eigenvalue weighted by atomic mass is 10.2. The average Bonchev–Trinajstić information content (AvgIpc) is 2.77. The molecule has 126 valence electrons. The van der Waals surface area contributed by atoms with Gasteiger partial charge in [-0.2, -0.15) is 0 Å². The number of hydrogen-bond acceptors (Lipinski definition) is 5. The van der Waals surface area contributed by atoms with Gasteiger partial charge in [-0.25, -0.2) is 8.42 Å². The highest BCUT2D eigenvalue weighted by atomic mass is 79.9. The first-order valence-corrected chi connectivity index (χ1v) is 9.90. The van der Waals surface area contributed by atoms with Crippen molar-refractivity contribution in [1.82, 2.24) is 0 Å². The molecule has 0 amide bonds. The SMILES string of the molecule is CC(C)CS(=O)(=O)CC(=O)OCCc1cc2cc(Br)ccc2o1. The number of hydrogen-bond donors (Lipinski definition) is 0. The van der Waals surface area contributed by atoms with Crippen LogP contribution in [-0.4, -0.2) is 32.5 Å². The molecule has 1 aromatic heterocycles. The lowest BCUT2D eigenvalue weighted by Gasteiger charge is -2.07. The summed E-state index contributed by atoms with van der Waals surface area (Å²) in [6.07, 6.45) is 0.405. The van der Waals surface area contributed by atoms with Gasteiger partial charge in [-0.05, 0) is 30.2 Å². The molecule has 0 aliphatic carbocycles. The van der Waals surface area contributed by atoms with E-state index in [1.165, 1.54) is 0 Å². The summed E-state index contributed by atoms with van der Waals surface area (Å²) in [6, 6.07) is 7.55. The lowest BCUT2D eigenvalue weighted by Crippen LogP contribution is -2.23. The molecule has 23 heavy (non-hydrogen) atoms. The van der Waals surface area contributed by atoms with Gasteiger partial charge in [0.2, 0.25) is 0 Å². The third-order valence-electron chi connectivity index (χ3n) is 3.07. The molecule has 0 atom stereocenters. The van der Waals surface area contributed by atoms with Gasteiger partial charge >= 0.3 is 5.97 Å². The van der Waals surface area contributed by atoms with Crippen LogP contribution in [0.3, 0.4) is 0 Å². The van der Waals surface area contributed by atoms with Gasteiger partial charge < -0.3 is 9.15 Å². The van der Waals surface area contributed by atoms with Crippen molar-refractivity contribution in [3.8, 4) is 0 Å². The number of furan rings is 1. The number of esters is 1. The van der Waals surface area contributed by atoms with Crippen molar-refractivity contribution in [3.63, 3.8) is 0 Å². The Bertz CT molecular complexity index is 792. The van der Waals surface area contributed by atoms with E-state index < -0.39 is 21.6 Å². The average molecular weight is 403 g/mol. The molecule has 0 spiro atoms. The summed E-state index contributed by atoms with van der Waals surface area (Å²) >= 11 is 3.39. The molecule has 0 unspecified atom stereocenters. The summed E-state index contributed by atoms with van der Waals surface area (Å²) in [5.74, 6) is -0.623. The Morgan fingerprint density at radius 1 is 1.30 bits per heavy atom. The van der Waals surface area contributed by atoms with E-state index in [4.69, 9.17) is 9.15 Å². The first-order valence-electron chi connectivity index (χ1n) is 7.29. The predicted octanol–water partition coefficient (Wildman–Crippen LogP) is 3.35. The Hall–Kier alpha value is -1.34. The van der Waals surface area contributed by atoms with Gasteiger partial charge in [-0.3, -0.25) is 4.79 Å². The topological polar surface area (TPSA) is 73.6 Å². The van der Waals surface area contributed by atoms with E-state index in [-0.39, 0.29) is 18.3 Å². The fourth-order valence-electron chi connectivity index (χ4n) is 2.25. The van der Waals surface area contributed by atoms with Gasteiger partial charge in [0.05, 0.1) is 12.4 Å². The number of fused-ring (bicyclic) bond motifs is 1. The van der Waals surface area contributed by atoms with E-state index in [1.54, 1.807) is 13.8 Å². The number of benzene rings is 1. The molecule has 5 nitrogen and oxygen atoms in total. The molecule has 0 aliphatic heterocycles. The zero-order valence-electron chi connectivity index (χ0n) is 13.0. The van der Waals surface area contributed by atoms with Crippen molar-refractivity contribution in [2.45, 2.75) is 20.3 Å². The van der Waals surface area contributed by atoms with Crippen LogP contribution in [-0.2, 0) is 25.8 Å². The molecule has 7 heteroatoms. The molecule has 0 radical (unpaired) electrons. The molecule has 0 fully saturated rings. The highest BCUT2D eigenvalue weighted by Gasteiger charge is 2.19. The molecule has 0 N–H and O–H groups in total. The summed E-state index contributed by atoms with van der Waals surface area (Å²) in [7, 11) is -3.40. The lowest BCUT2D eigenvalue weighted by molar-refractivity contribution is -0.140. The van der Waals surface area contributed by atoms with Gasteiger partial charge in [-0.15, -0.1) is 0 Å². The second kappa shape index (κ2) is 7.49. The fraction of sp³-hybridized carbons (Fsp3) is 0.438. The van der Waals surface area contributed by atoms with Crippen LogP contribution in [0.25, 0.3) is 11.0 Å². The van der Waals surface area contributed by atoms with Crippen LogP contribution in [0.1, 0.15) is 19.6 Å². The zero-order valence-corrected chi connectivity index (χ0v) is 15.4. The second-order valence-corrected chi connectivity index (χ2v) is 8.84. The monoisotopic (exact) mass is 402 g/mol. The van der Waals surface area contributed by atoms with Crippen LogP contribution >= 0.6 is 15.9 Å². The van der Waals surface area contributed by atoms with E-state index in [0.29, 0.717) is 12.2 Å². The number of rotatable bonds is 7. The summed E-state index contributed by atoms with van der Waals surface area (Å²) in [5, 5.41) is 0.959. The van der Waals surface area contributed by atoms with Crippen LogP contribution in [0.15, 0.2) is 33.2 Å². The number of carbonyl (C=O) groups is 1. The quantitative estimate of drug-likeness (QED) is 0.663. The maximum atomic E-state index is 11.7. The first-order chi connectivity index (χ1) is 10.7. The van der Waals surface area contributed by atoms with Crippen LogP contribution in [0.4, 0.5) is 0 Å². The summed E-state index contributed by atoms with van der Waals surface area (Å²) in [5.41, 5.74) is 0.758. The third-order valence-corrected chi connectivity index (χ3v) is 5.41. The van der Waals surface area contributed by atoms with Gasteiger partial charge in [0.25, 0.3) is 0 Å². The largest absolute Gasteiger partial charge is 0.464 e. The molecule has 0 bridgehead atoms. The Kier molecular flexibility index (Phi) is 5.86. The molecular weight excluding hydrogens is 384 g/mol. The van der Waals surface area contributed by atoms with Crippen molar-refractivity contribution in [2.24, 2.45) is 5.92 Å². The minimum Gasteiger partial charge on any atom is -0.464 e. The molecule has 2 rings (SSSR count). The first kappa shape index (κ1) is 18.0. The van der Waals surface area contributed by atoms with E-state index in [9.17, 15) is 13.2 Å². The summed E-state index contributed by atoms with van der Waals surface area (Å²) < 4.78 is 35.0. The number of ether oxygens (including phenoxy) is 1. The van der Waals surface area contributed by atoms with E-state index in [1.807, 2.05) is 24.3 Å². The summed E-state index contributed by atoms with van der Waals surface area (Å²) in [6.45, 7) is 3.68. The molecule has 1 heterocycles. The minimum atomic E-state index is -3.40. The highest BCUT2D eigenvalue weighted by molar-refractivity contribution is 9.10.